The van der Waals surface area contributed by atoms with Crippen LogP contribution in [0.4, 0.5) is 0 Å². The third-order valence-electron chi connectivity index (χ3n) is 2.73. The summed E-state index contributed by atoms with van der Waals surface area (Å²) in [7, 11) is 0. The first-order valence-corrected chi connectivity index (χ1v) is 4.99. The van der Waals surface area contributed by atoms with Crippen molar-refractivity contribution < 1.29 is 19.8 Å². The molecule has 0 spiro atoms. The van der Waals surface area contributed by atoms with Crippen LogP contribution in [0.5, 0.6) is 0 Å². The summed E-state index contributed by atoms with van der Waals surface area (Å²) in [5.74, 6) is -3.20. The number of benzene rings is 1. The van der Waals surface area contributed by atoms with Crippen molar-refractivity contribution in [1.29, 1.82) is 0 Å². The van der Waals surface area contributed by atoms with Gasteiger partial charge in [0.2, 0.25) is 0 Å². The van der Waals surface area contributed by atoms with Gasteiger partial charge in [0.05, 0.1) is 17.4 Å². The van der Waals surface area contributed by atoms with Gasteiger partial charge >= 0.3 is 37.7 Å². The van der Waals surface area contributed by atoms with Crippen molar-refractivity contribution >= 4 is 49.7 Å². The fraction of sp³-hybridized carbons (Fsp3) is 0.333. The van der Waals surface area contributed by atoms with Crippen molar-refractivity contribution in [2.45, 2.75) is 19.8 Å². The summed E-state index contributed by atoms with van der Waals surface area (Å²) < 4.78 is 0. The number of carboxylic acid groups (broad SMARTS) is 2. The van der Waals surface area contributed by atoms with Gasteiger partial charge in [-0.3, -0.25) is 0 Å². The summed E-state index contributed by atoms with van der Waals surface area (Å²) in [4.78, 5) is 21.9. The molecule has 0 fully saturated rings. The smallest absolute Gasteiger partial charge is 0.549 e. The van der Waals surface area contributed by atoms with E-state index in [-0.39, 0.29) is 50.6 Å². The molecule has 1 aromatic carbocycles. The van der Waals surface area contributed by atoms with Crippen LogP contribution in [0.3, 0.4) is 0 Å². The van der Waals surface area contributed by atoms with Gasteiger partial charge in [0.25, 0.3) is 0 Å². The maximum Gasteiger partial charge on any atom is 2.00 e. The zero-order valence-corrected chi connectivity index (χ0v) is 11.8. The minimum Gasteiger partial charge on any atom is -0.549 e. The quantitative estimate of drug-likeness (QED) is 0.489. The second-order valence-electron chi connectivity index (χ2n) is 3.67. The molecule has 0 amide bonds. The maximum atomic E-state index is 11.0. The normalized spacial score (nSPS) is 10.4. The van der Waals surface area contributed by atoms with Gasteiger partial charge in [0.15, 0.2) is 0 Å². The van der Waals surface area contributed by atoms with Crippen molar-refractivity contribution in [1.82, 2.24) is 0 Å². The summed E-state index contributed by atoms with van der Waals surface area (Å²) in [6, 6.07) is 8.57. The number of carboxylic acids is 2. The number of carbonyl (C=O) groups is 2. The molecule has 0 aliphatic heterocycles. The van der Waals surface area contributed by atoms with E-state index in [1.54, 1.807) is 30.3 Å². The van der Waals surface area contributed by atoms with E-state index in [9.17, 15) is 19.8 Å². The van der Waals surface area contributed by atoms with Crippen molar-refractivity contribution in [2.24, 2.45) is 5.41 Å². The molecule has 0 saturated heterocycles. The van der Waals surface area contributed by atoms with Crippen LogP contribution in [0.25, 0.3) is 0 Å². The Balaban J connectivity index is 0.00000256. The molecule has 4 nitrogen and oxygen atoms in total. The molecule has 0 aliphatic rings. The zero-order valence-electron chi connectivity index (χ0n) is 9.64. The molecule has 0 N–H and O–H groups in total. The number of aliphatic carboxylic acids is 2. The molecule has 0 aromatic heterocycles. The van der Waals surface area contributed by atoms with Gasteiger partial charge in [-0.05, 0) is 18.4 Å². The second kappa shape index (κ2) is 6.99. The number of hydrogen-bond donors (Lipinski definition) is 0. The van der Waals surface area contributed by atoms with Crippen molar-refractivity contribution in [2.75, 3.05) is 0 Å². The van der Waals surface area contributed by atoms with Crippen LogP contribution in [0, 0.1) is 5.41 Å². The summed E-state index contributed by atoms with van der Waals surface area (Å²) >= 11 is 0. The molecule has 0 heterocycles. The third-order valence-corrected chi connectivity index (χ3v) is 2.73. The topological polar surface area (TPSA) is 80.3 Å². The fourth-order valence-corrected chi connectivity index (χ4v) is 1.59. The van der Waals surface area contributed by atoms with E-state index in [0.717, 1.165) is 0 Å². The minimum atomic E-state index is -1.94. The van der Waals surface area contributed by atoms with Gasteiger partial charge in [0, 0.05) is 0 Å². The monoisotopic (exact) mass is 260 g/mol. The van der Waals surface area contributed by atoms with E-state index in [2.05, 4.69) is 0 Å². The Hall–Kier alpha value is -0.580. The molecule has 5 heteroatoms. The maximum absolute atomic E-state index is 11.0. The summed E-state index contributed by atoms with van der Waals surface area (Å²) in [6.45, 7) is 1.49. The van der Waals surface area contributed by atoms with Crippen molar-refractivity contribution in [3.63, 3.8) is 0 Å². The van der Waals surface area contributed by atoms with Crippen molar-refractivity contribution in [3.05, 3.63) is 35.9 Å². The molecule has 0 atom stereocenters. The SMILES string of the molecule is CCC(Cc1ccccc1)(C(=O)[O-])C(=O)[O-].[Ca+2]. The molecule has 17 heavy (non-hydrogen) atoms. The largest absolute Gasteiger partial charge is 2.00 e. The van der Waals surface area contributed by atoms with Crippen LogP contribution >= 0.6 is 0 Å². The molecule has 0 radical (unpaired) electrons. The van der Waals surface area contributed by atoms with Gasteiger partial charge in [-0.1, -0.05) is 37.3 Å². The average Bonchev–Trinajstić information content (AvgIpc) is 2.26. The third kappa shape index (κ3) is 3.69. The molecular formula is C12H12CaO4. The van der Waals surface area contributed by atoms with Gasteiger partial charge in [-0.2, -0.15) is 0 Å². The van der Waals surface area contributed by atoms with E-state index >= 15 is 0 Å². The summed E-state index contributed by atoms with van der Waals surface area (Å²) in [5, 5.41) is 21.9. The summed E-state index contributed by atoms with van der Waals surface area (Å²) in [5.41, 5.74) is -1.31. The fourth-order valence-electron chi connectivity index (χ4n) is 1.59. The molecule has 0 unspecified atom stereocenters. The molecule has 0 saturated carbocycles. The molecule has 1 aromatic rings. The minimum absolute atomic E-state index is 0. The van der Waals surface area contributed by atoms with E-state index < -0.39 is 17.4 Å². The van der Waals surface area contributed by atoms with Crippen LogP contribution in [-0.4, -0.2) is 49.7 Å². The molecule has 86 valence electrons. The Morgan fingerprint density at radius 2 is 1.59 bits per heavy atom. The first-order valence-electron chi connectivity index (χ1n) is 4.99. The molecule has 0 aliphatic carbocycles. The second-order valence-corrected chi connectivity index (χ2v) is 3.67. The molecule has 0 bridgehead atoms. The van der Waals surface area contributed by atoms with Gasteiger partial charge in [-0.15, -0.1) is 0 Å². The Morgan fingerprint density at radius 1 is 1.12 bits per heavy atom. The van der Waals surface area contributed by atoms with E-state index in [1.807, 2.05) is 0 Å². The Morgan fingerprint density at radius 3 is 1.94 bits per heavy atom. The van der Waals surface area contributed by atoms with Crippen LogP contribution in [-0.2, 0) is 16.0 Å². The predicted molar refractivity (Wildman–Crippen MR) is 58.6 cm³/mol. The molecular weight excluding hydrogens is 248 g/mol. The van der Waals surface area contributed by atoms with E-state index in [1.165, 1.54) is 6.92 Å². The number of rotatable bonds is 5. The van der Waals surface area contributed by atoms with Crippen LogP contribution < -0.4 is 10.2 Å². The van der Waals surface area contributed by atoms with E-state index in [4.69, 9.17) is 0 Å². The van der Waals surface area contributed by atoms with Crippen LogP contribution in [0.1, 0.15) is 18.9 Å². The van der Waals surface area contributed by atoms with Crippen molar-refractivity contribution in [3.8, 4) is 0 Å². The number of hydrogen-bond acceptors (Lipinski definition) is 4. The first-order chi connectivity index (χ1) is 7.53. The summed E-state index contributed by atoms with van der Waals surface area (Å²) in [6.07, 6.45) is -0.179. The van der Waals surface area contributed by atoms with Gasteiger partial charge < -0.3 is 19.8 Å². The standard InChI is InChI=1S/C12H14O4.Ca/c1-2-12(10(13)14,11(15)16)8-9-6-4-3-5-7-9;/h3-7H,2,8H2,1H3,(H,13,14)(H,15,16);/q;+2/p-2. The predicted octanol–water partition coefficient (Wildman–Crippen LogP) is -1.26. The Bertz CT molecular complexity index is 375. The van der Waals surface area contributed by atoms with Crippen LogP contribution in [0.15, 0.2) is 30.3 Å². The Labute approximate surface area is 130 Å². The average molecular weight is 260 g/mol. The zero-order chi connectivity index (χ0) is 12.2. The molecule has 1 rings (SSSR count). The van der Waals surface area contributed by atoms with E-state index in [0.29, 0.717) is 5.56 Å². The Kier molecular flexibility index (Phi) is 6.75. The van der Waals surface area contributed by atoms with Crippen LogP contribution in [0.2, 0.25) is 0 Å². The number of carbonyl (C=O) groups excluding carboxylic acids is 2. The van der Waals surface area contributed by atoms with Gasteiger partial charge in [0.1, 0.15) is 0 Å². The first kappa shape index (κ1) is 16.4. The van der Waals surface area contributed by atoms with Gasteiger partial charge in [-0.25, -0.2) is 0 Å².